The molecule has 0 bridgehead atoms. The highest BCUT2D eigenvalue weighted by Crippen LogP contribution is 2.18. The predicted octanol–water partition coefficient (Wildman–Crippen LogP) is 3.97. The van der Waals surface area contributed by atoms with E-state index in [2.05, 4.69) is 18.2 Å². The van der Waals surface area contributed by atoms with Gasteiger partial charge in [-0.3, -0.25) is 0 Å². The highest BCUT2D eigenvalue weighted by molar-refractivity contribution is 6.30. The molecule has 2 rings (SSSR count). The molecule has 0 aliphatic carbocycles. The molecule has 0 aliphatic heterocycles. The van der Waals surface area contributed by atoms with Gasteiger partial charge in [0.15, 0.2) is 0 Å². The van der Waals surface area contributed by atoms with Gasteiger partial charge in [0, 0.05) is 11.1 Å². The summed E-state index contributed by atoms with van der Waals surface area (Å²) >= 11 is 5.95. The zero-order chi connectivity index (χ0) is 12.1. The second-order valence-electron chi connectivity index (χ2n) is 4.19. The summed E-state index contributed by atoms with van der Waals surface area (Å²) in [6.07, 6.45) is 1.89. The highest BCUT2D eigenvalue weighted by atomic mass is 35.5. The first-order valence-electron chi connectivity index (χ1n) is 5.80. The lowest BCUT2D eigenvalue weighted by Crippen LogP contribution is -2.11. The Morgan fingerprint density at radius 3 is 2.47 bits per heavy atom. The van der Waals surface area contributed by atoms with Crippen molar-refractivity contribution in [2.75, 3.05) is 0 Å². The molecular formula is C15H16ClN. The van der Waals surface area contributed by atoms with Gasteiger partial charge in [-0.2, -0.15) is 0 Å². The van der Waals surface area contributed by atoms with E-state index in [4.69, 9.17) is 17.3 Å². The fraction of sp³-hybridized carbons (Fsp3) is 0.200. The Hall–Kier alpha value is -1.31. The van der Waals surface area contributed by atoms with Gasteiger partial charge in [-0.1, -0.05) is 54.1 Å². The third-order valence-corrected chi connectivity index (χ3v) is 3.10. The Bertz CT molecular complexity index is 467. The molecule has 0 unspecified atom stereocenters. The number of benzene rings is 2. The first kappa shape index (κ1) is 12.2. The van der Waals surface area contributed by atoms with Crippen molar-refractivity contribution in [3.05, 3.63) is 70.7 Å². The zero-order valence-electron chi connectivity index (χ0n) is 9.64. The molecule has 17 heavy (non-hydrogen) atoms. The largest absolute Gasteiger partial charge is 0.324 e. The molecule has 0 aromatic heterocycles. The molecule has 2 aromatic rings. The van der Waals surface area contributed by atoms with Crippen molar-refractivity contribution >= 4 is 11.6 Å². The fourth-order valence-electron chi connectivity index (χ4n) is 1.88. The van der Waals surface area contributed by atoms with Crippen LogP contribution in [0.15, 0.2) is 54.6 Å². The Labute approximate surface area is 107 Å². The monoisotopic (exact) mass is 245 g/mol. The van der Waals surface area contributed by atoms with Crippen LogP contribution in [0.2, 0.25) is 5.02 Å². The number of nitrogens with two attached hydrogens (primary N) is 1. The van der Waals surface area contributed by atoms with Gasteiger partial charge in [-0.05, 0) is 36.1 Å². The van der Waals surface area contributed by atoms with Gasteiger partial charge < -0.3 is 5.73 Å². The minimum atomic E-state index is 0.0928. The van der Waals surface area contributed by atoms with E-state index in [1.807, 2.05) is 36.4 Å². The number of rotatable bonds is 4. The molecule has 0 aliphatic rings. The molecule has 0 amide bonds. The molecule has 1 nitrogen and oxygen atoms in total. The molecule has 0 saturated heterocycles. The van der Waals surface area contributed by atoms with Crippen molar-refractivity contribution in [2.45, 2.75) is 18.9 Å². The van der Waals surface area contributed by atoms with Crippen LogP contribution in [-0.4, -0.2) is 0 Å². The maximum atomic E-state index is 6.15. The summed E-state index contributed by atoms with van der Waals surface area (Å²) in [6, 6.07) is 18.2. The quantitative estimate of drug-likeness (QED) is 0.867. The minimum Gasteiger partial charge on any atom is -0.324 e. The van der Waals surface area contributed by atoms with E-state index in [0.29, 0.717) is 0 Å². The molecule has 0 saturated carbocycles. The van der Waals surface area contributed by atoms with E-state index >= 15 is 0 Å². The molecule has 0 spiro atoms. The van der Waals surface area contributed by atoms with Crippen LogP contribution in [0.25, 0.3) is 0 Å². The number of hydrogen-bond donors (Lipinski definition) is 1. The average Bonchev–Trinajstić information content (AvgIpc) is 2.37. The second-order valence-corrected chi connectivity index (χ2v) is 4.62. The Morgan fingerprint density at radius 1 is 1.00 bits per heavy atom. The molecule has 2 aromatic carbocycles. The van der Waals surface area contributed by atoms with Crippen molar-refractivity contribution in [3.63, 3.8) is 0 Å². The normalized spacial score (nSPS) is 12.4. The third-order valence-electron chi connectivity index (χ3n) is 2.86. The highest BCUT2D eigenvalue weighted by Gasteiger charge is 2.05. The lowest BCUT2D eigenvalue weighted by molar-refractivity contribution is 0.651. The first-order valence-corrected chi connectivity index (χ1v) is 6.18. The molecule has 0 heterocycles. The van der Waals surface area contributed by atoms with Crippen LogP contribution in [0.5, 0.6) is 0 Å². The number of halogens is 1. The summed E-state index contributed by atoms with van der Waals surface area (Å²) in [7, 11) is 0. The standard InChI is InChI=1S/C15H16ClN/c16-14-8-4-5-12(11-14)9-10-15(17)13-6-2-1-3-7-13/h1-8,11,15H,9-10,17H2/t15-/m0/s1. The van der Waals surface area contributed by atoms with Gasteiger partial charge in [0.1, 0.15) is 0 Å². The zero-order valence-corrected chi connectivity index (χ0v) is 10.4. The van der Waals surface area contributed by atoms with Crippen LogP contribution in [0.4, 0.5) is 0 Å². The molecule has 0 radical (unpaired) electrons. The smallest absolute Gasteiger partial charge is 0.0408 e. The van der Waals surface area contributed by atoms with Gasteiger partial charge in [0.2, 0.25) is 0 Å². The van der Waals surface area contributed by atoms with Crippen LogP contribution in [0.3, 0.4) is 0 Å². The summed E-state index contributed by atoms with van der Waals surface area (Å²) in [6.45, 7) is 0. The van der Waals surface area contributed by atoms with Gasteiger partial charge in [-0.25, -0.2) is 0 Å². The molecule has 0 fully saturated rings. The van der Waals surface area contributed by atoms with Crippen LogP contribution in [0, 0.1) is 0 Å². The van der Waals surface area contributed by atoms with Gasteiger partial charge in [-0.15, -0.1) is 0 Å². The Balaban J connectivity index is 1.95. The van der Waals surface area contributed by atoms with E-state index < -0.39 is 0 Å². The van der Waals surface area contributed by atoms with E-state index in [0.717, 1.165) is 17.9 Å². The van der Waals surface area contributed by atoms with E-state index in [1.54, 1.807) is 0 Å². The maximum Gasteiger partial charge on any atom is 0.0408 e. The summed E-state index contributed by atoms with van der Waals surface area (Å²) in [5, 5.41) is 0.788. The maximum absolute atomic E-state index is 6.15. The third kappa shape index (κ3) is 3.58. The van der Waals surface area contributed by atoms with Crippen LogP contribution in [-0.2, 0) is 6.42 Å². The van der Waals surface area contributed by atoms with E-state index in [-0.39, 0.29) is 6.04 Å². The topological polar surface area (TPSA) is 26.0 Å². The lowest BCUT2D eigenvalue weighted by Gasteiger charge is -2.11. The molecule has 1 atom stereocenters. The summed E-state index contributed by atoms with van der Waals surface area (Å²) < 4.78 is 0. The first-order chi connectivity index (χ1) is 8.25. The lowest BCUT2D eigenvalue weighted by atomic mass is 10.00. The Morgan fingerprint density at radius 2 is 1.76 bits per heavy atom. The SMILES string of the molecule is N[C@@H](CCc1cccc(Cl)c1)c1ccccc1. The van der Waals surface area contributed by atoms with Crippen molar-refractivity contribution in [3.8, 4) is 0 Å². The van der Waals surface area contributed by atoms with Crippen molar-refractivity contribution < 1.29 is 0 Å². The van der Waals surface area contributed by atoms with Crippen molar-refractivity contribution in [1.29, 1.82) is 0 Å². The van der Waals surface area contributed by atoms with E-state index in [9.17, 15) is 0 Å². The second kappa shape index (κ2) is 5.85. The average molecular weight is 246 g/mol. The molecule has 2 heteroatoms. The summed E-state index contributed by atoms with van der Waals surface area (Å²) in [5.74, 6) is 0. The molecule has 88 valence electrons. The fourth-order valence-corrected chi connectivity index (χ4v) is 2.09. The molecular weight excluding hydrogens is 230 g/mol. The van der Waals surface area contributed by atoms with Crippen molar-refractivity contribution in [2.24, 2.45) is 5.73 Å². The van der Waals surface area contributed by atoms with Gasteiger partial charge >= 0.3 is 0 Å². The predicted molar refractivity (Wildman–Crippen MR) is 73.1 cm³/mol. The van der Waals surface area contributed by atoms with Crippen LogP contribution < -0.4 is 5.73 Å². The minimum absolute atomic E-state index is 0.0928. The van der Waals surface area contributed by atoms with Crippen LogP contribution >= 0.6 is 11.6 Å². The Kier molecular flexibility index (Phi) is 4.18. The number of aryl methyl sites for hydroxylation is 1. The summed E-state index contributed by atoms with van der Waals surface area (Å²) in [5.41, 5.74) is 8.58. The van der Waals surface area contributed by atoms with E-state index in [1.165, 1.54) is 11.1 Å². The van der Waals surface area contributed by atoms with Crippen molar-refractivity contribution in [1.82, 2.24) is 0 Å². The number of hydrogen-bond acceptors (Lipinski definition) is 1. The van der Waals surface area contributed by atoms with Gasteiger partial charge in [0.25, 0.3) is 0 Å². The van der Waals surface area contributed by atoms with Crippen LogP contribution in [0.1, 0.15) is 23.6 Å². The molecule has 2 N–H and O–H groups in total. The summed E-state index contributed by atoms with van der Waals surface area (Å²) in [4.78, 5) is 0. The van der Waals surface area contributed by atoms with Gasteiger partial charge in [0.05, 0.1) is 0 Å².